The highest BCUT2D eigenvalue weighted by Crippen LogP contribution is 2.22. The van der Waals surface area contributed by atoms with Gasteiger partial charge in [0.1, 0.15) is 0 Å². The zero-order valence-electron chi connectivity index (χ0n) is 10.9. The SMILES string of the molecule is CN=C1CCCC(NC(C(=O)O)C(C)O)=C1OC. The van der Waals surface area contributed by atoms with E-state index in [4.69, 9.17) is 9.84 Å². The molecule has 3 N–H and O–H groups in total. The number of aliphatic carboxylic acids is 1. The molecule has 18 heavy (non-hydrogen) atoms. The highest BCUT2D eigenvalue weighted by atomic mass is 16.5. The van der Waals surface area contributed by atoms with E-state index in [1.54, 1.807) is 7.05 Å². The first-order chi connectivity index (χ1) is 8.51. The second kappa shape index (κ2) is 6.39. The summed E-state index contributed by atoms with van der Waals surface area (Å²) < 4.78 is 5.28. The third-order valence-electron chi connectivity index (χ3n) is 2.93. The van der Waals surface area contributed by atoms with Crippen LogP contribution in [-0.4, -0.2) is 48.2 Å². The van der Waals surface area contributed by atoms with E-state index < -0.39 is 18.1 Å². The predicted octanol–water partition coefficient (Wildman–Crippen LogP) is 0.523. The second-order valence-electron chi connectivity index (χ2n) is 4.24. The number of aliphatic imine (C=N–C) groups is 1. The van der Waals surface area contributed by atoms with E-state index in [0.717, 1.165) is 18.6 Å². The number of allylic oxidation sites excluding steroid dienone is 2. The molecule has 1 rings (SSSR count). The number of aliphatic hydroxyl groups excluding tert-OH is 1. The van der Waals surface area contributed by atoms with Crippen LogP contribution >= 0.6 is 0 Å². The summed E-state index contributed by atoms with van der Waals surface area (Å²) in [5.41, 5.74) is 1.51. The molecular formula is C12H20N2O4. The molecule has 0 aromatic carbocycles. The van der Waals surface area contributed by atoms with Gasteiger partial charge in [-0.15, -0.1) is 0 Å². The van der Waals surface area contributed by atoms with Gasteiger partial charge in [0.05, 0.1) is 24.6 Å². The number of carbonyl (C=O) groups is 1. The van der Waals surface area contributed by atoms with Gasteiger partial charge in [-0.05, 0) is 26.2 Å². The maximum absolute atomic E-state index is 11.0. The van der Waals surface area contributed by atoms with E-state index in [9.17, 15) is 9.90 Å². The second-order valence-corrected chi connectivity index (χ2v) is 4.24. The van der Waals surface area contributed by atoms with E-state index in [-0.39, 0.29) is 0 Å². The van der Waals surface area contributed by atoms with Crippen molar-refractivity contribution in [3.8, 4) is 0 Å². The average Bonchev–Trinajstić information content (AvgIpc) is 2.34. The third kappa shape index (κ3) is 3.22. The van der Waals surface area contributed by atoms with Gasteiger partial charge in [0.25, 0.3) is 0 Å². The lowest BCUT2D eigenvalue weighted by Crippen LogP contribution is -2.45. The molecule has 0 aromatic rings. The molecule has 6 nitrogen and oxygen atoms in total. The summed E-state index contributed by atoms with van der Waals surface area (Å²) in [4.78, 5) is 15.2. The van der Waals surface area contributed by atoms with Crippen molar-refractivity contribution in [2.75, 3.05) is 14.2 Å². The standard InChI is InChI=1S/C12H20N2O4/c1-7(15)10(12(16)17)14-9-6-4-5-8(13-2)11(9)18-3/h7,10,14-15H,4-6H2,1-3H3,(H,16,17). The number of hydrogen-bond acceptors (Lipinski definition) is 5. The van der Waals surface area contributed by atoms with Gasteiger partial charge in [-0.1, -0.05) is 0 Å². The van der Waals surface area contributed by atoms with Gasteiger partial charge in [0.15, 0.2) is 11.8 Å². The zero-order chi connectivity index (χ0) is 13.7. The lowest BCUT2D eigenvalue weighted by atomic mass is 9.99. The molecule has 0 saturated carbocycles. The summed E-state index contributed by atoms with van der Waals surface area (Å²) >= 11 is 0. The van der Waals surface area contributed by atoms with Crippen LogP contribution in [0.5, 0.6) is 0 Å². The smallest absolute Gasteiger partial charge is 0.328 e. The monoisotopic (exact) mass is 256 g/mol. The molecule has 2 atom stereocenters. The summed E-state index contributed by atoms with van der Waals surface area (Å²) in [6.45, 7) is 1.44. The number of ether oxygens (including phenoxy) is 1. The van der Waals surface area contributed by atoms with Gasteiger partial charge in [0, 0.05) is 7.05 Å². The van der Waals surface area contributed by atoms with Crippen LogP contribution in [-0.2, 0) is 9.53 Å². The lowest BCUT2D eigenvalue weighted by Gasteiger charge is -2.26. The Bertz CT molecular complexity index is 374. The Labute approximate surface area is 106 Å². The van der Waals surface area contributed by atoms with Crippen molar-refractivity contribution in [1.29, 1.82) is 0 Å². The molecule has 6 heteroatoms. The summed E-state index contributed by atoms with van der Waals surface area (Å²) in [5, 5.41) is 21.3. The van der Waals surface area contributed by atoms with Crippen molar-refractivity contribution in [1.82, 2.24) is 5.32 Å². The van der Waals surface area contributed by atoms with Crippen LogP contribution in [0.1, 0.15) is 26.2 Å². The quantitative estimate of drug-likeness (QED) is 0.667. The number of hydrogen-bond donors (Lipinski definition) is 3. The highest BCUT2D eigenvalue weighted by molar-refractivity contribution is 5.99. The Balaban J connectivity index is 2.98. The van der Waals surface area contributed by atoms with Crippen molar-refractivity contribution in [2.45, 2.75) is 38.3 Å². The van der Waals surface area contributed by atoms with Crippen LogP contribution in [0.2, 0.25) is 0 Å². The number of carboxylic acids is 1. The first-order valence-electron chi connectivity index (χ1n) is 5.91. The van der Waals surface area contributed by atoms with Crippen LogP contribution in [0.3, 0.4) is 0 Å². The zero-order valence-corrected chi connectivity index (χ0v) is 10.9. The summed E-state index contributed by atoms with van der Waals surface area (Å²) in [5.74, 6) is -0.496. The summed E-state index contributed by atoms with van der Waals surface area (Å²) in [6.07, 6.45) is 1.40. The minimum atomic E-state index is -1.09. The van der Waals surface area contributed by atoms with Crippen LogP contribution in [0.15, 0.2) is 16.4 Å². The van der Waals surface area contributed by atoms with Crippen LogP contribution in [0.4, 0.5) is 0 Å². The van der Waals surface area contributed by atoms with Crippen molar-refractivity contribution in [3.63, 3.8) is 0 Å². The molecule has 1 aliphatic rings. The van der Waals surface area contributed by atoms with Crippen molar-refractivity contribution < 1.29 is 19.7 Å². The first kappa shape index (κ1) is 14.5. The topological polar surface area (TPSA) is 91.2 Å². The van der Waals surface area contributed by atoms with E-state index in [1.165, 1.54) is 14.0 Å². The normalized spacial score (nSPS) is 21.7. The first-order valence-corrected chi connectivity index (χ1v) is 5.91. The molecule has 0 radical (unpaired) electrons. The van der Waals surface area contributed by atoms with Gasteiger partial charge in [-0.2, -0.15) is 0 Å². The molecule has 0 saturated heterocycles. The van der Waals surface area contributed by atoms with Gasteiger partial charge in [0.2, 0.25) is 0 Å². The molecule has 0 fully saturated rings. The van der Waals surface area contributed by atoms with E-state index in [2.05, 4.69) is 10.3 Å². The molecule has 102 valence electrons. The number of methoxy groups -OCH3 is 1. The minimum Gasteiger partial charge on any atom is -0.493 e. The summed E-state index contributed by atoms with van der Waals surface area (Å²) in [7, 11) is 3.21. The number of carboxylic acid groups (broad SMARTS) is 1. The Morgan fingerprint density at radius 3 is 2.61 bits per heavy atom. The Morgan fingerprint density at radius 1 is 1.50 bits per heavy atom. The Morgan fingerprint density at radius 2 is 2.17 bits per heavy atom. The molecular weight excluding hydrogens is 236 g/mol. The van der Waals surface area contributed by atoms with E-state index >= 15 is 0 Å². The van der Waals surface area contributed by atoms with Crippen LogP contribution in [0.25, 0.3) is 0 Å². The predicted molar refractivity (Wildman–Crippen MR) is 67.5 cm³/mol. The third-order valence-corrected chi connectivity index (χ3v) is 2.93. The fourth-order valence-corrected chi connectivity index (χ4v) is 2.00. The van der Waals surface area contributed by atoms with Crippen LogP contribution in [0, 0.1) is 0 Å². The van der Waals surface area contributed by atoms with Crippen molar-refractivity contribution in [3.05, 3.63) is 11.5 Å². The number of nitrogens with one attached hydrogen (secondary N) is 1. The number of rotatable bonds is 5. The average molecular weight is 256 g/mol. The molecule has 0 spiro atoms. The highest BCUT2D eigenvalue weighted by Gasteiger charge is 2.27. The Hall–Kier alpha value is -1.56. The van der Waals surface area contributed by atoms with Gasteiger partial charge >= 0.3 is 5.97 Å². The summed E-state index contributed by atoms with van der Waals surface area (Å²) in [6, 6.07) is -1.04. The molecule has 2 unspecified atom stereocenters. The molecule has 0 aliphatic heterocycles. The van der Waals surface area contributed by atoms with E-state index in [1.807, 2.05) is 0 Å². The largest absolute Gasteiger partial charge is 0.493 e. The maximum atomic E-state index is 11.0. The minimum absolute atomic E-state index is 0.593. The van der Waals surface area contributed by atoms with Gasteiger partial charge in [-0.25, -0.2) is 4.79 Å². The lowest BCUT2D eigenvalue weighted by molar-refractivity contribution is -0.141. The molecule has 0 amide bonds. The van der Waals surface area contributed by atoms with E-state index in [0.29, 0.717) is 17.9 Å². The van der Waals surface area contributed by atoms with Crippen molar-refractivity contribution in [2.24, 2.45) is 4.99 Å². The van der Waals surface area contributed by atoms with Gasteiger partial charge < -0.3 is 20.3 Å². The number of nitrogens with zero attached hydrogens (tertiary/aromatic N) is 1. The fourth-order valence-electron chi connectivity index (χ4n) is 2.00. The van der Waals surface area contributed by atoms with Gasteiger partial charge in [-0.3, -0.25) is 4.99 Å². The fraction of sp³-hybridized carbons (Fsp3) is 0.667. The maximum Gasteiger partial charge on any atom is 0.328 e. The molecule has 0 aromatic heterocycles. The molecule has 1 aliphatic carbocycles. The molecule has 0 heterocycles. The number of aliphatic hydroxyl groups is 1. The molecule has 0 bridgehead atoms. The van der Waals surface area contributed by atoms with Crippen LogP contribution < -0.4 is 5.32 Å². The van der Waals surface area contributed by atoms with Crippen molar-refractivity contribution >= 4 is 11.7 Å². The Kier molecular flexibility index (Phi) is 5.15.